The van der Waals surface area contributed by atoms with E-state index < -0.39 is 0 Å². The van der Waals surface area contributed by atoms with Crippen LogP contribution in [0.1, 0.15) is 52.9 Å². The molecule has 0 saturated heterocycles. The predicted molar refractivity (Wildman–Crippen MR) is 71.6 cm³/mol. The lowest BCUT2D eigenvalue weighted by molar-refractivity contribution is 0.0594. The minimum absolute atomic E-state index is 0.112. The summed E-state index contributed by atoms with van der Waals surface area (Å²) in [5.74, 6) is 0.677. The fourth-order valence-corrected chi connectivity index (χ4v) is 2.26. The molecule has 1 fully saturated rings. The fourth-order valence-electron chi connectivity index (χ4n) is 2.26. The Balaban J connectivity index is 2.03. The zero-order valence-corrected chi connectivity index (χ0v) is 11.9. The van der Waals surface area contributed by atoms with Crippen LogP contribution in [0.3, 0.4) is 0 Å². The molecular weight excluding hydrogens is 230 g/mol. The van der Waals surface area contributed by atoms with Crippen LogP contribution in [0.25, 0.3) is 0 Å². The van der Waals surface area contributed by atoms with Gasteiger partial charge in [-0.1, -0.05) is 13.3 Å². The molecule has 2 atom stereocenters. The van der Waals surface area contributed by atoms with E-state index in [2.05, 4.69) is 12.2 Å². The maximum atomic E-state index is 11.5. The highest BCUT2D eigenvalue weighted by Gasteiger charge is 2.21. The number of hydrogen-bond acceptors (Lipinski definition) is 3. The summed E-state index contributed by atoms with van der Waals surface area (Å²) in [4.78, 5) is 11.5. The van der Waals surface area contributed by atoms with Crippen LogP contribution in [0.2, 0.25) is 0 Å². The molecule has 2 unspecified atom stereocenters. The second-order valence-electron chi connectivity index (χ2n) is 5.50. The Morgan fingerprint density at radius 2 is 2.17 bits per heavy atom. The Bertz CT molecular complexity index is 243. The number of ether oxygens (including phenoxy) is 2. The smallest absolute Gasteiger partial charge is 0.407 e. The molecule has 0 aromatic carbocycles. The number of rotatable bonds is 6. The summed E-state index contributed by atoms with van der Waals surface area (Å²) in [5, 5.41) is 2.78. The lowest BCUT2D eigenvalue weighted by atomic mass is 9.89. The number of amides is 1. The lowest BCUT2D eigenvalue weighted by Gasteiger charge is -2.26. The van der Waals surface area contributed by atoms with Gasteiger partial charge in [-0.15, -0.1) is 0 Å². The minimum atomic E-state index is -0.279. The Kier molecular flexibility index (Phi) is 7.09. The van der Waals surface area contributed by atoms with Crippen LogP contribution in [-0.2, 0) is 9.47 Å². The minimum Gasteiger partial charge on any atom is -0.446 e. The summed E-state index contributed by atoms with van der Waals surface area (Å²) in [6.45, 7) is 7.53. The van der Waals surface area contributed by atoms with Crippen molar-refractivity contribution >= 4 is 6.09 Å². The van der Waals surface area contributed by atoms with E-state index in [1.54, 1.807) is 0 Å². The summed E-state index contributed by atoms with van der Waals surface area (Å²) < 4.78 is 10.8. The molecular formula is C14H27NO3. The second kappa shape index (κ2) is 8.35. The highest BCUT2D eigenvalue weighted by molar-refractivity contribution is 5.67. The van der Waals surface area contributed by atoms with Gasteiger partial charge >= 0.3 is 6.09 Å². The molecule has 1 N–H and O–H groups in total. The molecule has 0 aliphatic heterocycles. The maximum absolute atomic E-state index is 11.5. The van der Waals surface area contributed by atoms with Crippen molar-refractivity contribution in [2.45, 2.75) is 65.1 Å². The third-order valence-corrected chi connectivity index (χ3v) is 3.20. The molecule has 0 radical (unpaired) electrons. The van der Waals surface area contributed by atoms with Crippen LogP contribution < -0.4 is 5.32 Å². The summed E-state index contributed by atoms with van der Waals surface area (Å²) in [6.07, 6.45) is 5.35. The van der Waals surface area contributed by atoms with E-state index in [-0.39, 0.29) is 18.3 Å². The van der Waals surface area contributed by atoms with E-state index in [1.165, 1.54) is 12.8 Å². The molecule has 0 heterocycles. The van der Waals surface area contributed by atoms with Crippen LogP contribution in [0.5, 0.6) is 0 Å². The third-order valence-electron chi connectivity index (χ3n) is 3.20. The van der Waals surface area contributed by atoms with Gasteiger partial charge in [0.05, 0.1) is 6.10 Å². The van der Waals surface area contributed by atoms with Crippen molar-refractivity contribution in [2.24, 2.45) is 5.92 Å². The molecule has 0 aromatic heterocycles. The predicted octanol–water partition coefficient (Wildman–Crippen LogP) is 3.11. The van der Waals surface area contributed by atoms with Gasteiger partial charge in [0, 0.05) is 13.2 Å². The standard InChI is InChI=1S/C14H27NO3/c1-11(2)17-9-5-8-15-14(16)18-13-7-4-6-12(3)10-13/h11-13H,4-10H2,1-3H3,(H,15,16). The fraction of sp³-hybridized carbons (Fsp3) is 0.929. The average molecular weight is 257 g/mol. The third kappa shape index (κ3) is 6.84. The summed E-state index contributed by atoms with van der Waals surface area (Å²) >= 11 is 0. The second-order valence-corrected chi connectivity index (χ2v) is 5.50. The van der Waals surface area contributed by atoms with Crippen molar-refractivity contribution in [3.8, 4) is 0 Å². The van der Waals surface area contributed by atoms with Crippen LogP contribution in [0, 0.1) is 5.92 Å². The highest BCUT2D eigenvalue weighted by atomic mass is 16.6. The first-order valence-electron chi connectivity index (χ1n) is 7.14. The molecule has 0 bridgehead atoms. The van der Waals surface area contributed by atoms with E-state index in [0.29, 0.717) is 19.1 Å². The molecule has 4 heteroatoms. The van der Waals surface area contributed by atoms with Gasteiger partial charge in [0.1, 0.15) is 6.10 Å². The Morgan fingerprint density at radius 3 is 2.83 bits per heavy atom. The molecule has 0 aromatic rings. The molecule has 0 spiro atoms. The van der Waals surface area contributed by atoms with Crippen LogP contribution in [0.15, 0.2) is 0 Å². The van der Waals surface area contributed by atoms with Crippen molar-refractivity contribution in [2.75, 3.05) is 13.2 Å². The molecule has 4 nitrogen and oxygen atoms in total. The average Bonchev–Trinajstić information content (AvgIpc) is 2.28. The topological polar surface area (TPSA) is 47.6 Å². The molecule has 1 aliphatic carbocycles. The molecule has 18 heavy (non-hydrogen) atoms. The Labute approximate surface area is 110 Å². The van der Waals surface area contributed by atoms with Crippen LogP contribution >= 0.6 is 0 Å². The molecule has 1 saturated carbocycles. The van der Waals surface area contributed by atoms with Gasteiger partial charge in [0.15, 0.2) is 0 Å². The van der Waals surface area contributed by atoms with Crippen LogP contribution in [0.4, 0.5) is 4.79 Å². The Morgan fingerprint density at radius 1 is 1.39 bits per heavy atom. The normalized spacial score (nSPS) is 24.0. The van der Waals surface area contributed by atoms with Crippen molar-refractivity contribution < 1.29 is 14.3 Å². The van der Waals surface area contributed by atoms with E-state index in [0.717, 1.165) is 19.3 Å². The number of alkyl carbamates (subject to hydrolysis) is 1. The lowest BCUT2D eigenvalue weighted by Crippen LogP contribution is -2.32. The highest BCUT2D eigenvalue weighted by Crippen LogP contribution is 2.25. The van der Waals surface area contributed by atoms with Crippen molar-refractivity contribution in [3.05, 3.63) is 0 Å². The van der Waals surface area contributed by atoms with Gasteiger partial charge in [-0.3, -0.25) is 0 Å². The Hall–Kier alpha value is -0.770. The first-order chi connectivity index (χ1) is 8.58. The number of carbonyl (C=O) groups is 1. The van der Waals surface area contributed by atoms with Crippen molar-refractivity contribution in [1.29, 1.82) is 0 Å². The monoisotopic (exact) mass is 257 g/mol. The van der Waals surface area contributed by atoms with Gasteiger partial charge in [-0.25, -0.2) is 4.79 Å². The summed E-state index contributed by atoms with van der Waals surface area (Å²) in [7, 11) is 0. The quantitative estimate of drug-likeness (QED) is 0.744. The van der Waals surface area contributed by atoms with Crippen LogP contribution in [-0.4, -0.2) is 31.5 Å². The van der Waals surface area contributed by atoms with Gasteiger partial charge in [-0.2, -0.15) is 0 Å². The summed E-state index contributed by atoms with van der Waals surface area (Å²) in [6, 6.07) is 0. The number of carbonyl (C=O) groups excluding carboxylic acids is 1. The molecule has 1 amide bonds. The molecule has 1 rings (SSSR count). The van der Waals surface area contributed by atoms with Gasteiger partial charge in [0.25, 0.3) is 0 Å². The first-order valence-corrected chi connectivity index (χ1v) is 7.14. The van der Waals surface area contributed by atoms with Crippen molar-refractivity contribution in [3.63, 3.8) is 0 Å². The zero-order valence-electron chi connectivity index (χ0n) is 11.9. The van der Waals surface area contributed by atoms with Crippen molar-refractivity contribution in [1.82, 2.24) is 5.32 Å². The van der Waals surface area contributed by atoms with Gasteiger partial charge in [0.2, 0.25) is 0 Å². The number of nitrogens with one attached hydrogen (secondary N) is 1. The molecule has 1 aliphatic rings. The van der Waals surface area contributed by atoms with E-state index >= 15 is 0 Å². The zero-order chi connectivity index (χ0) is 13.4. The van der Waals surface area contributed by atoms with Gasteiger partial charge in [-0.05, 0) is 45.4 Å². The SMILES string of the molecule is CC1CCCC(OC(=O)NCCCOC(C)C)C1. The summed E-state index contributed by atoms with van der Waals surface area (Å²) in [5.41, 5.74) is 0. The van der Waals surface area contributed by atoms with E-state index in [4.69, 9.17) is 9.47 Å². The molecule has 106 valence electrons. The van der Waals surface area contributed by atoms with Gasteiger partial charge < -0.3 is 14.8 Å². The van der Waals surface area contributed by atoms with E-state index in [1.807, 2.05) is 13.8 Å². The maximum Gasteiger partial charge on any atom is 0.407 e. The van der Waals surface area contributed by atoms with E-state index in [9.17, 15) is 4.79 Å². The largest absolute Gasteiger partial charge is 0.446 e. The number of hydrogen-bond donors (Lipinski definition) is 1. The first kappa shape index (κ1) is 15.3.